The highest BCUT2D eigenvalue weighted by Crippen LogP contribution is 2.37. The molecule has 0 fully saturated rings. The summed E-state index contributed by atoms with van der Waals surface area (Å²) in [5.41, 5.74) is 10.6. The molecule has 0 bridgehead atoms. The van der Waals surface area contributed by atoms with E-state index in [0.29, 0.717) is 11.8 Å². The van der Waals surface area contributed by atoms with Crippen LogP contribution in [0.4, 0.5) is 0 Å². The highest BCUT2D eigenvalue weighted by molar-refractivity contribution is 5.72. The van der Waals surface area contributed by atoms with Crippen molar-refractivity contribution in [1.29, 1.82) is 0 Å². The summed E-state index contributed by atoms with van der Waals surface area (Å²) in [6.45, 7) is 13.6. The molecule has 0 radical (unpaired) electrons. The lowest BCUT2D eigenvalue weighted by Crippen LogP contribution is -2.29. The van der Waals surface area contributed by atoms with Crippen LogP contribution in [0.5, 0.6) is 0 Å². The van der Waals surface area contributed by atoms with E-state index in [4.69, 9.17) is 0 Å². The van der Waals surface area contributed by atoms with Gasteiger partial charge < -0.3 is 0 Å². The van der Waals surface area contributed by atoms with E-state index in [-0.39, 0.29) is 0 Å². The largest absolute Gasteiger partial charge is 0.293 e. The molecular formula is C30H35N2+. The van der Waals surface area contributed by atoms with Crippen molar-refractivity contribution in [3.05, 3.63) is 95.3 Å². The fourth-order valence-electron chi connectivity index (χ4n) is 4.73. The minimum atomic E-state index is 0.407. The van der Waals surface area contributed by atoms with Crippen LogP contribution in [0.25, 0.3) is 28.2 Å². The summed E-state index contributed by atoms with van der Waals surface area (Å²) in [7, 11) is 2.13. The summed E-state index contributed by atoms with van der Waals surface area (Å²) >= 11 is 0. The summed E-state index contributed by atoms with van der Waals surface area (Å²) < 4.78 is 4.62. The summed E-state index contributed by atoms with van der Waals surface area (Å²) in [5, 5.41) is 0. The third-order valence-corrected chi connectivity index (χ3v) is 6.24. The number of aromatic nitrogens is 2. The molecule has 1 aromatic heterocycles. The molecule has 0 N–H and O–H groups in total. The first kappa shape index (κ1) is 22.1. The molecule has 0 unspecified atom stereocenters. The van der Waals surface area contributed by atoms with E-state index < -0.39 is 0 Å². The maximum Gasteiger partial charge on any atom is 0.293 e. The smallest absolute Gasteiger partial charge is 0.232 e. The summed E-state index contributed by atoms with van der Waals surface area (Å²) in [4.78, 5) is 0. The number of rotatable bonds is 5. The van der Waals surface area contributed by atoms with Crippen molar-refractivity contribution in [1.82, 2.24) is 4.57 Å². The Kier molecular flexibility index (Phi) is 6.06. The monoisotopic (exact) mass is 423 g/mol. The van der Waals surface area contributed by atoms with Crippen LogP contribution in [0.2, 0.25) is 0 Å². The number of nitrogens with zero attached hydrogens (tertiary/aromatic N) is 2. The molecule has 0 spiro atoms. The number of aryl methyl sites for hydroxylation is 3. The average Bonchev–Trinajstić information content (AvgIpc) is 3.13. The zero-order chi connectivity index (χ0) is 23.0. The van der Waals surface area contributed by atoms with Crippen LogP contribution in [-0.2, 0) is 7.05 Å². The molecule has 1 heterocycles. The number of hydrogen-bond acceptors (Lipinski definition) is 0. The van der Waals surface area contributed by atoms with Crippen molar-refractivity contribution in [3.63, 3.8) is 0 Å². The third-order valence-electron chi connectivity index (χ3n) is 6.24. The standard InChI is InChI=1S/C30H35N2/c1-20(2)27-18-26(25-16-22(5)15-23(6)17-25)19-28(21(3)4)29(27)32-14-13-31(7)30(32)24-11-9-8-10-12-24/h8-21H,1-7H3/q+1. The molecule has 0 aliphatic carbocycles. The van der Waals surface area contributed by atoms with Gasteiger partial charge in [-0.2, -0.15) is 4.57 Å². The van der Waals surface area contributed by atoms with Crippen LogP contribution in [0.15, 0.2) is 73.1 Å². The first-order valence-corrected chi connectivity index (χ1v) is 11.7. The fourth-order valence-corrected chi connectivity index (χ4v) is 4.73. The number of imidazole rings is 1. The zero-order valence-corrected chi connectivity index (χ0v) is 20.5. The molecule has 164 valence electrons. The van der Waals surface area contributed by atoms with Crippen molar-refractivity contribution in [2.75, 3.05) is 0 Å². The lowest BCUT2D eigenvalue weighted by Gasteiger charge is -2.20. The van der Waals surface area contributed by atoms with Crippen molar-refractivity contribution in [2.24, 2.45) is 7.05 Å². The Hall–Kier alpha value is -3.13. The highest BCUT2D eigenvalue weighted by atomic mass is 15.1. The predicted octanol–water partition coefficient (Wildman–Crippen LogP) is 7.50. The fraction of sp³-hybridized carbons (Fsp3) is 0.300. The van der Waals surface area contributed by atoms with Gasteiger partial charge in [-0.1, -0.05) is 75.2 Å². The lowest BCUT2D eigenvalue weighted by molar-refractivity contribution is -0.659. The van der Waals surface area contributed by atoms with Gasteiger partial charge >= 0.3 is 0 Å². The first-order chi connectivity index (χ1) is 15.3. The van der Waals surface area contributed by atoms with Gasteiger partial charge in [0, 0.05) is 11.1 Å². The maximum atomic E-state index is 2.41. The third kappa shape index (κ3) is 4.14. The summed E-state index contributed by atoms with van der Waals surface area (Å²) in [6, 6.07) is 22.4. The topological polar surface area (TPSA) is 8.81 Å². The van der Waals surface area contributed by atoms with E-state index in [0.717, 1.165) is 0 Å². The van der Waals surface area contributed by atoms with Crippen molar-refractivity contribution < 1.29 is 4.57 Å². The van der Waals surface area contributed by atoms with Gasteiger partial charge in [-0.05, 0) is 61.1 Å². The number of hydrogen-bond donors (Lipinski definition) is 0. The molecule has 0 atom stereocenters. The molecule has 0 amide bonds. The van der Waals surface area contributed by atoms with Gasteiger partial charge in [0.2, 0.25) is 0 Å². The normalized spacial score (nSPS) is 11.5. The molecule has 2 heteroatoms. The second kappa shape index (κ2) is 8.78. The summed E-state index contributed by atoms with van der Waals surface area (Å²) in [6.07, 6.45) is 4.38. The quantitative estimate of drug-likeness (QED) is 0.294. The molecule has 0 saturated heterocycles. The SMILES string of the molecule is Cc1cc(C)cc(-c2cc(C(C)C)c(-n3cc[n+](C)c3-c3ccccc3)c(C(C)C)c2)c1. The first-order valence-electron chi connectivity index (χ1n) is 11.7. The maximum absolute atomic E-state index is 2.41. The molecule has 3 aromatic carbocycles. The van der Waals surface area contributed by atoms with Crippen LogP contribution < -0.4 is 4.57 Å². The van der Waals surface area contributed by atoms with E-state index in [2.05, 4.69) is 131 Å². The minimum Gasteiger partial charge on any atom is -0.232 e. The molecular weight excluding hydrogens is 388 g/mol. The molecule has 2 nitrogen and oxygen atoms in total. The zero-order valence-electron chi connectivity index (χ0n) is 20.5. The van der Waals surface area contributed by atoms with Crippen LogP contribution in [0.3, 0.4) is 0 Å². The Morgan fingerprint density at radius 1 is 0.688 bits per heavy atom. The number of benzene rings is 3. The predicted molar refractivity (Wildman–Crippen MR) is 135 cm³/mol. The van der Waals surface area contributed by atoms with Crippen LogP contribution in [0.1, 0.15) is 61.8 Å². The van der Waals surface area contributed by atoms with Gasteiger partial charge in [0.1, 0.15) is 18.1 Å². The van der Waals surface area contributed by atoms with Gasteiger partial charge in [-0.25, -0.2) is 4.57 Å². The van der Waals surface area contributed by atoms with E-state index in [1.165, 1.54) is 50.5 Å². The molecule has 4 aromatic rings. The second-order valence-corrected chi connectivity index (χ2v) is 9.66. The molecule has 0 saturated carbocycles. The Balaban J connectivity index is 2.02. The van der Waals surface area contributed by atoms with E-state index in [9.17, 15) is 0 Å². The van der Waals surface area contributed by atoms with E-state index in [1.807, 2.05) is 0 Å². The highest BCUT2D eigenvalue weighted by Gasteiger charge is 2.26. The molecule has 4 rings (SSSR count). The van der Waals surface area contributed by atoms with Crippen LogP contribution in [0, 0.1) is 13.8 Å². The van der Waals surface area contributed by atoms with E-state index in [1.54, 1.807) is 0 Å². The van der Waals surface area contributed by atoms with Crippen molar-refractivity contribution in [3.8, 4) is 28.2 Å². The Labute approximate surface area is 193 Å². The van der Waals surface area contributed by atoms with E-state index >= 15 is 0 Å². The van der Waals surface area contributed by atoms with Crippen molar-refractivity contribution in [2.45, 2.75) is 53.4 Å². The Bertz CT molecular complexity index is 1190. The van der Waals surface area contributed by atoms with Crippen LogP contribution in [-0.4, -0.2) is 4.57 Å². The van der Waals surface area contributed by atoms with Gasteiger partial charge in [0.05, 0.1) is 12.6 Å². The second-order valence-electron chi connectivity index (χ2n) is 9.66. The average molecular weight is 424 g/mol. The summed E-state index contributed by atoms with van der Waals surface area (Å²) in [5.74, 6) is 2.02. The van der Waals surface area contributed by atoms with Gasteiger partial charge in [-0.15, -0.1) is 0 Å². The van der Waals surface area contributed by atoms with Crippen LogP contribution >= 0.6 is 0 Å². The van der Waals surface area contributed by atoms with Gasteiger partial charge in [0.15, 0.2) is 0 Å². The Morgan fingerprint density at radius 2 is 1.22 bits per heavy atom. The molecule has 0 aliphatic rings. The molecule has 0 aliphatic heterocycles. The van der Waals surface area contributed by atoms with Gasteiger partial charge in [-0.3, -0.25) is 0 Å². The Morgan fingerprint density at radius 3 is 1.75 bits per heavy atom. The minimum absolute atomic E-state index is 0.407. The molecule has 32 heavy (non-hydrogen) atoms. The van der Waals surface area contributed by atoms with Gasteiger partial charge in [0.25, 0.3) is 5.82 Å². The lowest BCUT2D eigenvalue weighted by atomic mass is 9.87. The van der Waals surface area contributed by atoms with Crippen molar-refractivity contribution >= 4 is 0 Å².